The first kappa shape index (κ1) is 24.4. The third-order valence-electron chi connectivity index (χ3n) is 4.40. The van der Waals surface area contributed by atoms with Crippen LogP contribution in [0.3, 0.4) is 0 Å². The van der Waals surface area contributed by atoms with Crippen molar-refractivity contribution in [2.75, 3.05) is 19.1 Å². The van der Waals surface area contributed by atoms with Gasteiger partial charge in [-0.1, -0.05) is 18.2 Å². The molecular formula is C19H30IN5O2S. The summed E-state index contributed by atoms with van der Waals surface area (Å²) in [4.78, 5) is 4.23. The van der Waals surface area contributed by atoms with Gasteiger partial charge in [-0.3, -0.25) is 4.99 Å². The van der Waals surface area contributed by atoms with Crippen molar-refractivity contribution in [2.45, 2.75) is 39.8 Å². The fraction of sp³-hybridized carbons (Fsp3) is 0.474. The number of aliphatic imine (C=N–C) groups is 1. The minimum Gasteiger partial charge on any atom is -0.354 e. The van der Waals surface area contributed by atoms with Crippen molar-refractivity contribution in [1.82, 2.24) is 20.4 Å². The summed E-state index contributed by atoms with van der Waals surface area (Å²) in [6.45, 7) is 6.58. The normalized spacial score (nSPS) is 13.0. The van der Waals surface area contributed by atoms with Gasteiger partial charge in [-0.2, -0.15) is 5.10 Å². The van der Waals surface area contributed by atoms with Crippen LogP contribution in [0.4, 0.5) is 0 Å². The van der Waals surface area contributed by atoms with Crippen molar-refractivity contribution < 1.29 is 8.42 Å². The predicted octanol–water partition coefficient (Wildman–Crippen LogP) is 2.60. The number of para-hydroxylation sites is 1. The SMILES string of the molecule is CN=C(NCc1c(C)nn(-c2ccccc2)c1C)NC(C)CCS(C)(=O)=O.I. The first-order valence-electron chi connectivity index (χ1n) is 8.96. The molecule has 0 amide bonds. The summed E-state index contributed by atoms with van der Waals surface area (Å²) in [5.74, 6) is 0.794. The largest absolute Gasteiger partial charge is 0.354 e. The number of aryl methyl sites for hydroxylation is 1. The van der Waals surface area contributed by atoms with Gasteiger partial charge < -0.3 is 10.6 Å². The Morgan fingerprint density at radius 1 is 1.25 bits per heavy atom. The van der Waals surface area contributed by atoms with Crippen LogP contribution < -0.4 is 10.6 Å². The van der Waals surface area contributed by atoms with E-state index in [0.717, 1.165) is 22.6 Å². The van der Waals surface area contributed by atoms with Gasteiger partial charge in [-0.05, 0) is 39.3 Å². The third kappa shape index (κ3) is 7.08. The molecule has 0 aliphatic heterocycles. The Hall–Kier alpha value is -1.62. The highest BCUT2D eigenvalue weighted by Gasteiger charge is 2.14. The second kappa shape index (κ2) is 10.8. The molecule has 0 saturated carbocycles. The lowest BCUT2D eigenvalue weighted by Gasteiger charge is -2.17. The van der Waals surface area contributed by atoms with E-state index in [0.29, 0.717) is 18.9 Å². The molecule has 0 saturated heterocycles. The number of nitrogens with one attached hydrogen (secondary N) is 2. The molecule has 0 radical (unpaired) electrons. The number of hydrogen-bond donors (Lipinski definition) is 2. The standard InChI is InChI=1S/C19H29N5O2S.HI/c1-14(11-12-27(5,25)26)22-19(20-4)21-13-18-15(2)23-24(16(18)3)17-9-7-6-8-10-17;/h6-10,14H,11-13H2,1-5H3,(H2,20,21,22);1H. The smallest absolute Gasteiger partial charge is 0.191 e. The second-order valence-electron chi connectivity index (χ2n) is 6.79. The van der Waals surface area contributed by atoms with Crippen molar-refractivity contribution >= 4 is 39.8 Å². The highest BCUT2D eigenvalue weighted by molar-refractivity contribution is 14.0. The highest BCUT2D eigenvalue weighted by atomic mass is 127. The number of guanidine groups is 1. The first-order valence-corrected chi connectivity index (χ1v) is 11.0. The Kier molecular flexibility index (Phi) is 9.42. The minimum atomic E-state index is -2.96. The van der Waals surface area contributed by atoms with E-state index in [1.807, 2.05) is 48.9 Å². The van der Waals surface area contributed by atoms with Gasteiger partial charge in [-0.15, -0.1) is 24.0 Å². The van der Waals surface area contributed by atoms with Crippen LogP contribution in [0.1, 0.15) is 30.3 Å². The Balaban J connectivity index is 0.00000392. The summed E-state index contributed by atoms with van der Waals surface area (Å²) >= 11 is 0. The molecule has 2 aromatic rings. The Labute approximate surface area is 185 Å². The van der Waals surface area contributed by atoms with E-state index in [2.05, 4.69) is 27.6 Å². The fourth-order valence-electron chi connectivity index (χ4n) is 2.81. The topological polar surface area (TPSA) is 88.4 Å². The molecule has 0 bridgehead atoms. The van der Waals surface area contributed by atoms with Crippen molar-refractivity contribution in [3.05, 3.63) is 47.3 Å². The molecule has 0 aliphatic carbocycles. The number of hydrogen-bond acceptors (Lipinski definition) is 4. The fourth-order valence-corrected chi connectivity index (χ4v) is 3.60. The molecule has 1 unspecified atom stereocenters. The molecule has 0 aliphatic rings. The predicted molar refractivity (Wildman–Crippen MR) is 126 cm³/mol. The van der Waals surface area contributed by atoms with Gasteiger partial charge in [-0.25, -0.2) is 13.1 Å². The maximum Gasteiger partial charge on any atom is 0.191 e. The van der Waals surface area contributed by atoms with Crippen LogP contribution in [0.2, 0.25) is 0 Å². The van der Waals surface area contributed by atoms with Crippen LogP contribution in [-0.2, 0) is 16.4 Å². The molecule has 1 aromatic carbocycles. The molecule has 1 aromatic heterocycles. The number of rotatable bonds is 7. The minimum absolute atomic E-state index is 0. The van der Waals surface area contributed by atoms with Gasteiger partial charge >= 0.3 is 0 Å². The van der Waals surface area contributed by atoms with Gasteiger partial charge in [0.25, 0.3) is 0 Å². The van der Waals surface area contributed by atoms with E-state index in [9.17, 15) is 8.42 Å². The van der Waals surface area contributed by atoms with Crippen LogP contribution in [0.5, 0.6) is 0 Å². The molecule has 0 fully saturated rings. The molecule has 7 nitrogen and oxygen atoms in total. The zero-order chi connectivity index (χ0) is 20.0. The lowest BCUT2D eigenvalue weighted by atomic mass is 10.2. The quantitative estimate of drug-likeness (QED) is 0.334. The van der Waals surface area contributed by atoms with Crippen molar-refractivity contribution in [3.63, 3.8) is 0 Å². The number of aromatic nitrogens is 2. The average Bonchev–Trinajstić information content (AvgIpc) is 2.91. The number of benzene rings is 1. The zero-order valence-electron chi connectivity index (χ0n) is 17.1. The van der Waals surface area contributed by atoms with Gasteiger partial charge in [0, 0.05) is 37.1 Å². The lowest BCUT2D eigenvalue weighted by Crippen LogP contribution is -2.42. The zero-order valence-corrected chi connectivity index (χ0v) is 20.2. The Morgan fingerprint density at radius 2 is 1.89 bits per heavy atom. The number of halogens is 1. The van der Waals surface area contributed by atoms with Crippen LogP contribution in [0.25, 0.3) is 5.69 Å². The molecule has 156 valence electrons. The molecule has 2 N–H and O–H groups in total. The maximum absolute atomic E-state index is 11.3. The summed E-state index contributed by atoms with van der Waals surface area (Å²) in [6.07, 6.45) is 1.78. The molecule has 1 heterocycles. The van der Waals surface area contributed by atoms with E-state index in [-0.39, 0.29) is 35.8 Å². The van der Waals surface area contributed by atoms with E-state index in [1.165, 1.54) is 6.26 Å². The summed E-state index contributed by atoms with van der Waals surface area (Å²) in [6, 6.07) is 10.0. The summed E-state index contributed by atoms with van der Waals surface area (Å²) in [7, 11) is -1.26. The monoisotopic (exact) mass is 519 g/mol. The Bertz CT molecular complexity index is 895. The molecule has 28 heavy (non-hydrogen) atoms. The van der Waals surface area contributed by atoms with E-state index in [4.69, 9.17) is 0 Å². The van der Waals surface area contributed by atoms with Crippen molar-refractivity contribution in [3.8, 4) is 5.69 Å². The van der Waals surface area contributed by atoms with Gasteiger partial charge in [0.1, 0.15) is 9.84 Å². The van der Waals surface area contributed by atoms with Gasteiger partial charge in [0.15, 0.2) is 5.96 Å². The van der Waals surface area contributed by atoms with Crippen molar-refractivity contribution in [1.29, 1.82) is 0 Å². The summed E-state index contributed by atoms with van der Waals surface area (Å²) in [5, 5.41) is 11.2. The van der Waals surface area contributed by atoms with E-state index in [1.54, 1.807) is 7.05 Å². The van der Waals surface area contributed by atoms with E-state index >= 15 is 0 Å². The molecule has 0 spiro atoms. The average molecular weight is 519 g/mol. The second-order valence-corrected chi connectivity index (χ2v) is 9.05. The summed E-state index contributed by atoms with van der Waals surface area (Å²) < 4.78 is 24.6. The summed E-state index contributed by atoms with van der Waals surface area (Å²) in [5.41, 5.74) is 4.18. The molecular weight excluding hydrogens is 489 g/mol. The molecule has 9 heteroatoms. The highest BCUT2D eigenvalue weighted by Crippen LogP contribution is 2.17. The number of sulfone groups is 1. The molecule has 2 rings (SSSR count). The van der Waals surface area contributed by atoms with Crippen LogP contribution in [0, 0.1) is 13.8 Å². The van der Waals surface area contributed by atoms with Gasteiger partial charge in [0.2, 0.25) is 0 Å². The maximum atomic E-state index is 11.3. The van der Waals surface area contributed by atoms with Crippen LogP contribution >= 0.6 is 24.0 Å². The number of nitrogens with zero attached hydrogens (tertiary/aromatic N) is 3. The third-order valence-corrected chi connectivity index (χ3v) is 5.38. The van der Waals surface area contributed by atoms with Crippen molar-refractivity contribution in [2.24, 2.45) is 4.99 Å². The van der Waals surface area contributed by atoms with Crippen LogP contribution in [0.15, 0.2) is 35.3 Å². The lowest BCUT2D eigenvalue weighted by molar-refractivity contribution is 0.581. The van der Waals surface area contributed by atoms with E-state index < -0.39 is 9.84 Å². The Morgan fingerprint density at radius 3 is 2.46 bits per heavy atom. The molecule has 1 atom stereocenters. The van der Waals surface area contributed by atoms with Gasteiger partial charge in [0.05, 0.1) is 17.1 Å². The first-order chi connectivity index (χ1) is 12.7. The van der Waals surface area contributed by atoms with Crippen LogP contribution in [-0.4, -0.2) is 49.3 Å².